The van der Waals surface area contributed by atoms with Crippen molar-refractivity contribution in [3.05, 3.63) is 36.3 Å². The fourth-order valence-corrected chi connectivity index (χ4v) is 3.47. The Morgan fingerprint density at radius 1 is 1.36 bits per heavy atom. The van der Waals surface area contributed by atoms with Gasteiger partial charge >= 0.3 is 0 Å². The average Bonchev–Trinajstić information content (AvgIpc) is 3.06. The molecule has 2 heterocycles. The summed E-state index contributed by atoms with van der Waals surface area (Å²) < 4.78 is 15.8. The van der Waals surface area contributed by atoms with Crippen LogP contribution in [0, 0.1) is 5.82 Å². The van der Waals surface area contributed by atoms with Gasteiger partial charge in [-0.2, -0.15) is 0 Å². The van der Waals surface area contributed by atoms with Gasteiger partial charge in [0.25, 0.3) is 0 Å². The second kappa shape index (κ2) is 7.50. The molecule has 1 fully saturated rings. The largest absolute Gasteiger partial charge is 0.369 e. The average molecular weight is 345 g/mol. The van der Waals surface area contributed by atoms with E-state index in [0.29, 0.717) is 11.3 Å². The molecule has 8 heteroatoms. The van der Waals surface area contributed by atoms with Crippen LogP contribution in [0.2, 0.25) is 0 Å². The van der Waals surface area contributed by atoms with Gasteiger partial charge in [0.05, 0.1) is 18.3 Å². The fraction of sp³-hybridized carbons (Fsp3) is 0.471. The monoisotopic (exact) mass is 345 g/mol. The molecule has 1 aliphatic rings. The van der Waals surface area contributed by atoms with Gasteiger partial charge in [0, 0.05) is 12.1 Å². The van der Waals surface area contributed by atoms with Crippen LogP contribution < -0.4 is 11.5 Å². The predicted octanol–water partition coefficient (Wildman–Crippen LogP) is 2.08. The Bertz CT molecular complexity index is 738. The van der Waals surface area contributed by atoms with Crippen LogP contribution in [0.3, 0.4) is 0 Å². The third-order valence-electron chi connectivity index (χ3n) is 4.63. The van der Waals surface area contributed by atoms with Gasteiger partial charge in [-0.15, -0.1) is 10.2 Å². The van der Waals surface area contributed by atoms with Crippen molar-refractivity contribution in [3.63, 3.8) is 0 Å². The highest BCUT2D eigenvalue weighted by Gasteiger charge is 2.31. The van der Waals surface area contributed by atoms with Crippen molar-refractivity contribution < 1.29 is 4.39 Å². The Kier molecular flexibility index (Phi) is 5.16. The summed E-state index contributed by atoms with van der Waals surface area (Å²) >= 11 is 0. The highest BCUT2D eigenvalue weighted by atomic mass is 19.1. The maximum absolute atomic E-state index is 14.0. The lowest BCUT2D eigenvalue weighted by molar-refractivity contribution is 0.0983. The fourth-order valence-electron chi connectivity index (χ4n) is 3.47. The molecular formula is C17H24FN7. The van der Waals surface area contributed by atoms with Gasteiger partial charge in [0.2, 0.25) is 5.96 Å². The molecule has 3 rings (SSSR count). The zero-order chi connectivity index (χ0) is 17.8. The summed E-state index contributed by atoms with van der Waals surface area (Å²) in [4.78, 5) is 0. The van der Waals surface area contributed by atoms with Crippen LogP contribution in [0.25, 0.3) is 11.3 Å². The van der Waals surface area contributed by atoms with E-state index in [-0.39, 0.29) is 23.9 Å². The maximum atomic E-state index is 14.0. The van der Waals surface area contributed by atoms with E-state index in [0.717, 1.165) is 32.2 Å². The lowest BCUT2D eigenvalue weighted by Crippen LogP contribution is -2.44. The molecule has 0 bridgehead atoms. The molecule has 0 saturated carbocycles. The topological polar surface area (TPSA) is 98.3 Å². The van der Waals surface area contributed by atoms with Crippen molar-refractivity contribution >= 4 is 5.96 Å². The Balaban J connectivity index is 1.88. The smallest absolute Gasteiger partial charge is 0.208 e. The number of aromatic nitrogens is 3. The minimum atomic E-state index is -0.303. The number of hydrazone groups is 1. The molecule has 0 amide bonds. The van der Waals surface area contributed by atoms with E-state index in [4.69, 9.17) is 11.5 Å². The van der Waals surface area contributed by atoms with E-state index in [1.807, 2.05) is 9.69 Å². The van der Waals surface area contributed by atoms with Crippen LogP contribution in [0.5, 0.6) is 0 Å². The molecule has 2 aromatic rings. The van der Waals surface area contributed by atoms with Crippen molar-refractivity contribution in [2.24, 2.45) is 16.6 Å². The van der Waals surface area contributed by atoms with Crippen LogP contribution in [0.1, 0.15) is 38.6 Å². The molecule has 4 N–H and O–H groups in total. The minimum Gasteiger partial charge on any atom is -0.369 e. The number of guanidine groups is 1. The molecule has 0 aliphatic carbocycles. The third-order valence-corrected chi connectivity index (χ3v) is 4.63. The van der Waals surface area contributed by atoms with E-state index >= 15 is 0 Å². The van der Waals surface area contributed by atoms with Crippen LogP contribution >= 0.6 is 0 Å². The van der Waals surface area contributed by atoms with Crippen LogP contribution in [-0.4, -0.2) is 38.5 Å². The van der Waals surface area contributed by atoms with Gasteiger partial charge in [-0.05, 0) is 37.8 Å². The number of nitrogens with zero attached hydrogens (tertiary/aromatic N) is 5. The summed E-state index contributed by atoms with van der Waals surface area (Å²) in [6.45, 7) is 2.91. The van der Waals surface area contributed by atoms with Gasteiger partial charge < -0.3 is 11.5 Å². The molecule has 1 aliphatic heterocycles. The van der Waals surface area contributed by atoms with Crippen LogP contribution in [0.15, 0.2) is 35.6 Å². The van der Waals surface area contributed by atoms with E-state index in [1.165, 1.54) is 6.07 Å². The quantitative estimate of drug-likeness (QED) is 0.638. The SMILES string of the molecule is CCC(C1CCCCN1N=C(N)N)n1cc(-c2ccccc2F)nn1. The third kappa shape index (κ3) is 3.72. The van der Waals surface area contributed by atoms with E-state index in [2.05, 4.69) is 22.3 Å². The molecule has 0 spiro atoms. The van der Waals surface area contributed by atoms with Crippen molar-refractivity contribution in [3.8, 4) is 11.3 Å². The number of piperidine rings is 1. The molecule has 1 aromatic heterocycles. The summed E-state index contributed by atoms with van der Waals surface area (Å²) in [6.07, 6.45) is 5.80. The van der Waals surface area contributed by atoms with Crippen molar-refractivity contribution in [2.45, 2.75) is 44.7 Å². The normalized spacial score (nSPS) is 18.8. The van der Waals surface area contributed by atoms with E-state index < -0.39 is 0 Å². The molecule has 2 atom stereocenters. The minimum absolute atomic E-state index is 0.0624. The highest BCUT2D eigenvalue weighted by Crippen LogP contribution is 2.30. The Morgan fingerprint density at radius 3 is 2.88 bits per heavy atom. The highest BCUT2D eigenvalue weighted by molar-refractivity contribution is 5.75. The molecule has 134 valence electrons. The molecular weight excluding hydrogens is 321 g/mol. The number of hydrogen-bond acceptors (Lipinski definition) is 4. The second-order valence-electron chi connectivity index (χ2n) is 6.29. The van der Waals surface area contributed by atoms with Gasteiger partial charge in [-0.25, -0.2) is 9.07 Å². The Morgan fingerprint density at radius 2 is 2.16 bits per heavy atom. The summed E-state index contributed by atoms with van der Waals surface area (Å²) in [5, 5.41) is 14.7. The summed E-state index contributed by atoms with van der Waals surface area (Å²) in [7, 11) is 0. The Hall–Kier alpha value is -2.64. The second-order valence-corrected chi connectivity index (χ2v) is 6.29. The lowest BCUT2D eigenvalue weighted by Gasteiger charge is -2.38. The first-order chi connectivity index (χ1) is 12.1. The number of nitrogens with two attached hydrogens (primary N) is 2. The molecule has 7 nitrogen and oxygen atoms in total. The van der Waals surface area contributed by atoms with E-state index in [1.54, 1.807) is 24.4 Å². The van der Waals surface area contributed by atoms with Crippen LogP contribution in [0.4, 0.5) is 4.39 Å². The summed E-state index contributed by atoms with van der Waals surface area (Å²) in [6, 6.07) is 6.78. The first-order valence-corrected chi connectivity index (χ1v) is 8.63. The van der Waals surface area contributed by atoms with Gasteiger partial charge in [-0.1, -0.05) is 24.3 Å². The first-order valence-electron chi connectivity index (χ1n) is 8.63. The maximum Gasteiger partial charge on any atom is 0.208 e. The predicted molar refractivity (Wildman–Crippen MR) is 94.9 cm³/mol. The zero-order valence-corrected chi connectivity index (χ0v) is 14.3. The van der Waals surface area contributed by atoms with Crippen LogP contribution in [-0.2, 0) is 0 Å². The lowest BCUT2D eigenvalue weighted by atomic mass is 9.95. The zero-order valence-electron chi connectivity index (χ0n) is 14.3. The summed E-state index contributed by atoms with van der Waals surface area (Å²) in [5.74, 6) is -0.241. The van der Waals surface area contributed by atoms with E-state index in [9.17, 15) is 4.39 Å². The van der Waals surface area contributed by atoms with Crippen molar-refractivity contribution in [1.82, 2.24) is 20.0 Å². The molecule has 25 heavy (non-hydrogen) atoms. The number of rotatable bonds is 5. The number of halogens is 1. The van der Waals surface area contributed by atoms with Gasteiger partial charge in [0.15, 0.2) is 0 Å². The van der Waals surface area contributed by atoms with Gasteiger partial charge in [-0.3, -0.25) is 5.01 Å². The number of benzene rings is 1. The summed E-state index contributed by atoms with van der Waals surface area (Å²) in [5.41, 5.74) is 12.1. The molecule has 1 aromatic carbocycles. The molecule has 1 saturated heterocycles. The molecule has 0 radical (unpaired) electrons. The standard InChI is InChI=1S/C17H24FN7/c1-2-15(16-9-5-6-10-24(16)22-17(19)20)25-11-14(21-23-25)12-7-3-4-8-13(12)18/h3-4,7-8,11,15-16H,2,5-6,9-10H2,1H3,(H4,19,20,22). The van der Waals surface area contributed by atoms with Crippen molar-refractivity contribution in [2.75, 3.05) is 6.54 Å². The van der Waals surface area contributed by atoms with Gasteiger partial charge in [0.1, 0.15) is 11.5 Å². The Labute approximate surface area is 146 Å². The molecule has 2 unspecified atom stereocenters. The first kappa shape index (κ1) is 17.2. The number of hydrogen-bond donors (Lipinski definition) is 2. The van der Waals surface area contributed by atoms with Crippen molar-refractivity contribution in [1.29, 1.82) is 0 Å².